The van der Waals surface area contributed by atoms with E-state index in [1.807, 2.05) is 6.08 Å². The maximum Gasteiger partial charge on any atom is 0.149 e. The Morgan fingerprint density at radius 2 is 2.60 bits per heavy atom. The SMILES string of the molecule is NC1N=C2C=COC=C2S1. The molecule has 0 amide bonds. The summed E-state index contributed by atoms with van der Waals surface area (Å²) in [7, 11) is 0. The van der Waals surface area contributed by atoms with Gasteiger partial charge in [-0.05, 0) is 6.08 Å². The molecule has 0 fully saturated rings. The topological polar surface area (TPSA) is 47.6 Å². The number of aliphatic imine (C=N–C) groups is 1. The summed E-state index contributed by atoms with van der Waals surface area (Å²) in [6, 6.07) is 0. The van der Waals surface area contributed by atoms with Crippen molar-refractivity contribution < 1.29 is 4.74 Å². The van der Waals surface area contributed by atoms with Crippen LogP contribution in [0.4, 0.5) is 0 Å². The first-order valence-corrected chi connectivity index (χ1v) is 3.77. The van der Waals surface area contributed by atoms with E-state index in [4.69, 9.17) is 10.5 Å². The standard InChI is InChI=1S/C6H6N2OS/c7-6-8-4-1-2-9-3-5(4)10-6/h1-3,6H,7H2. The zero-order valence-corrected chi connectivity index (χ0v) is 5.97. The van der Waals surface area contributed by atoms with Gasteiger partial charge < -0.3 is 10.5 Å². The summed E-state index contributed by atoms with van der Waals surface area (Å²) in [6.07, 6.45) is 5.08. The van der Waals surface area contributed by atoms with Gasteiger partial charge >= 0.3 is 0 Å². The molecule has 0 saturated carbocycles. The maximum atomic E-state index is 5.54. The van der Waals surface area contributed by atoms with Gasteiger partial charge in [0.1, 0.15) is 11.8 Å². The number of ether oxygens (including phenoxy) is 1. The minimum Gasteiger partial charge on any atom is -0.471 e. The minimum atomic E-state index is -0.146. The molecule has 0 aromatic rings. The van der Waals surface area contributed by atoms with Crippen LogP contribution in [0.1, 0.15) is 0 Å². The molecule has 2 heterocycles. The van der Waals surface area contributed by atoms with E-state index in [1.54, 1.807) is 12.5 Å². The number of nitrogens with two attached hydrogens (primary N) is 1. The zero-order chi connectivity index (χ0) is 6.97. The summed E-state index contributed by atoms with van der Waals surface area (Å²) in [5.41, 5.74) is 6.33. The summed E-state index contributed by atoms with van der Waals surface area (Å²) in [5.74, 6) is 0. The van der Waals surface area contributed by atoms with Gasteiger partial charge in [0.2, 0.25) is 0 Å². The third kappa shape index (κ3) is 0.853. The fourth-order valence-electron chi connectivity index (χ4n) is 0.836. The van der Waals surface area contributed by atoms with Crippen LogP contribution >= 0.6 is 11.8 Å². The molecule has 10 heavy (non-hydrogen) atoms. The molecule has 0 radical (unpaired) electrons. The lowest BCUT2D eigenvalue weighted by Crippen LogP contribution is -2.07. The van der Waals surface area contributed by atoms with Crippen molar-refractivity contribution in [1.82, 2.24) is 0 Å². The molecule has 0 aliphatic carbocycles. The van der Waals surface area contributed by atoms with Gasteiger partial charge in [0, 0.05) is 0 Å². The zero-order valence-electron chi connectivity index (χ0n) is 5.15. The molecular formula is C6H6N2OS. The number of thioether (sulfide) groups is 1. The first-order valence-electron chi connectivity index (χ1n) is 2.89. The number of nitrogens with zero attached hydrogens (tertiary/aromatic N) is 1. The van der Waals surface area contributed by atoms with Gasteiger partial charge in [-0.1, -0.05) is 11.8 Å². The van der Waals surface area contributed by atoms with Crippen molar-refractivity contribution in [2.45, 2.75) is 5.50 Å². The fraction of sp³-hybridized carbons (Fsp3) is 0.167. The van der Waals surface area contributed by atoms with Crippen LogP contribution in [0.25, 0.3) is 0 Å². The van der Waals surface area contributed by atoms with Crippen molar-refractivity contribution in [3.8, 4) is 0 Å². The third-order valence-corrected chi connectivity index (χ3v) is 2.15. The predicted molar refractivity (Wildman–Crippen MR) is 41.3 cm³/mol. The van der Waals surface area contributed by atoms with Crippen LogP contribution in [0.5, 0.6) is 0 Å². The Hall–Kier alpha value is -0.740. The summed E-state index contributed by atoms with van der Waals surface area (Å²) >= 11 is 1.51. The predicted octanol–water partition coefficient (Wildman–Crippen LogP) is 0.802. The van der Waals surface area contributed by atoms with Crippen molar-refractivity contribution in [3.63, 3.8) is 0 Å². The van der Waals surface area contributed by atoms with Crippen LogP contribution in [0.3, 0.4) is 0 Å². The molecular weight excluding hydrogens is 148 g/mol. The third-order valence-electron chi connectivity index (χ3n) is 1.25. The second-order valence-electron chi connectivity index (χ2n) is 1.94. The van der Waals surface area contributed by atoms with Crippen molar-refractivity contribution in [1.29, 1.82) is 0 Å². The quantitative estimate of drug-likeness (QED) is 0.561. The molecule has 0 aromatic carbocycles. The van der Waals surface area contributed by atoms with Crippen molar-refractivity contribution in [3.05, 3.63) is 23.5 Å². The van der Waals surface area contributed by atoms with Gasteiger partial charge in [0.25, 0.3) is 0 Å². The number of hydrogen-bond donors (Lipinski definition) is 1. The highest BCUT2D eigenvalue weighted by Gasteiger charge is 2.20. The lowest BCUT2D eigenvalue weighted by Gasteiger charge is -2.01. The van der Waals surface area contributed by atoms with E-state index in [-0.39, 0.29) is 5.50 Å². The van der Waals surface area contributed by atoms with Crippen LogP contribution < -0.4 is 5.73 Å². The Bertz CT molecular complexity index is 244. The Morgan fingerprint density at radius 3 is 3.40 bits per heavy atom. The average Bonchev–Trinajstić information content (AvgIpc) is 2.27. The van der Waals surface area contributed by atoms with E-state index in [2.05, 4.69) is 4.99 Å². The lowest BCUT2D eigenvalue weighted by atomic mass is 10.3. The van der Waals surface area contributed by atoms with Gasteiger partial charge in [0.05, 0.1) is 16.9 Å². The van der Waals surface area contributed by atoms with Crippen molar-refractivity contribution in [2.24, 2.45) is 10.7 Å². The molecule has 0 saturated heterocycles. The number of hydrogen-bond acceptors (Lipinski definition) is 4. The molecule has 0 aromatic heterocycles. The monoisotopic (exact) mass is 154 g/mol. The molecule has 4 heteroatoms. The Labute approximate surface area is 62.6 Å². The first-order chi connectivity index (χ1) is 4.86. The number of allylic oxidation sites excluding steroid dienone is 2. The Kier molecular flexibility index (Phi) is 1.28. The Balaban J connectivity index is 2.34. The van der Waals surface area contributed by atoms with Gasteiger partial charge in [-0.3, -0.25) is 4.99 Å². The fourth-order valence-corrected chi connectivity index (χ4v) is 1.61. The molecule has 0 bridgehead atoms. The molecule has 2 rings (SSSR count). The van der Waals surface area contributed by atoms with Gasteiger partial charge in [-0.25, -0.2) is 0 Å². The molecule has 3 nitrogen and oxygen atoms in total. The smallest absolute Gasteiger partial charge is 0.149 e. The number of fused-ring (bicyclic) bond motifs is 1. The highest BCUT2D eigenvalue weighted by molar-refractivity contribution is 8.05. The lowest BCUT2D eigenvalue weighted by molar-refractivity contribution is 0.400. The highest BCUT2D eigenvalue weighted by Crippen LogP contribution is 2.30. The molecule has 2 aliphatic rings. The van der Waals surface area contributed by atoms with E-state index in [0.717, 1.165) is 10.6 Å². The molecule has 1 unspecified atom stereocenters. The van der Waals surface area contributed by atoms with Gasteiger partial charge in [-0.15, -0.1) is 0 Å². The first kappa shape index (κ1) is 6.00. The van der Waals surface area contributed by atoms with Crippen molar-refractivity contribution in [2.75, 3.05) is 0 Å². The summed E-state index contributed by atoms with van der Waals surface area (Å²) in [4.78, 5) is 5.16. The molecule has 1 atom stereocenters. The van der Waals surface area contributed by atoms with Crippen LogP contribution in [0, 0.1) is 0 Å². The summed E-state index contributed by atoms with van der Waals surface area (Å²) < 4.78 is 4.93. The van der Waals surface area contributed by atoms with Gasteiger partial charge in [-0.2, -0.15) is 0 Å². The average molecular weight is 154 g/mol. The van der Waals surface area contributed by atoms with E-state index in [0.29, 0.717) is 0 Å². The second-order valence-corrected chi connectivity index (χ2v) is 3.10. The Morgan fingerprint density at radius 1 is 1.70 bits per heavy atom. The molecule has 2 aliphatic heterocycles. The van der Waals surface area contributed by atoms with Crippen LogP contribution in [-0.4, -0.2) is 11.2 Å². The number of rotatable bonds is 0. The molecule has 2 N–H and O–H groups in total. The molecule has 0 spiro atoms. The van der Waals surface area contributed by atoms with E-state index >= 15 is 0 Å². The van der Waals surface area contributed by atoms with Crippen molar-refractivity contribution >= 4 is 17.5 Å². The minimum absolute atomic E-state index is 0.146. The summed E-state index contributed by atoms with van der Waals surface area (Å²) in [6.45, 7) is 0. The van der Waals surface area contributed by atoms with E-state index in [9.17, 15) is 0 Å². The van der Waals surface area contributed by atoms with Crippen LogP contribution in [0.2, 0.25) is 0 Å². The van der Waals surface area contributed by atoms with E-state index < -0.39 is 0 Å². The largest absolute Gasteiger partial charge is 0.471 e. The van der Waals surface area contributed by atoms with E-state index in [1.165, 1.54) is 11.8 Å². The summed E-state index contributed by atoms with van der Waals surface area (Å²) in [5, 5.41) is 0. The highest BCUT2D eigenvalue weighted by atomic mass is 32.2. The second kappa shape index (κ2) is 2.14. The van der Waals surface area contributed by atoms with Crippen LogP contribution in [-0.2, 0) is 4.74 Å². The van der Waals surface area contributed by atoms with Gasteiger partial charge in [0.15, 0.2) is 0 Å². The van der Waals surface area contributed by atoms with Crippen LogP contribution in [0.15, 0.2) is 28.5 Å². The normalized spacial score (nSPS) is 28.7. The molecule has 52 valence electrons. The maximum absolute atomic E-state index is 5.54.